The Hall–Kier alpha value is -1.39. The van der Waals surface area contributed by atoms with Gasteiger partial charge < -0.3 is 15.0 Å². The Labute approximate surface area is 120 Å². The van der Waals surface area contributed by atoms with Gasteiger partial charge in [-0.25, -0.2) is 4.98 Å². The third-order valence-electron chi connectivity index (χ3n) is 3.52. The molecule has 110 valence electrons. The number of nitrogens with one attached hydrogen (secondary N) is 1. The predicted octanol–water partition coefficient (Wildman–Crippen LogP) is 2.70. The van der Waals surface area contributed by atoms with Gasteiger partial charge in [0.1, 0.15) is 5.65 Å². The average molecular weight is 275 g/mol. The molecule has 0 atom stereocenters. The number of nitrogens with zero attached hydrogens (tertiary/aromatic N) is 2. The van der Waals surface area contributed by atoms with Crippen molar-refractivity contribution in [3.05, 3.63) is 30.1 Å². The van der Waals surface area contributed by atoms with Crippen LogP contribution in [-0.2, 0) is 13.1 Å². The smallest absolute Gasteiger partial charge is 0.140 e. The van der Waals surface area contributed by atoms with Crippen LogP contribution >= 0.6 is 0 Å². The minimum Gasteiger partial charge on any atom is -0.396 e. The molecular formula is C16H25N3O. The van der Waals surface area contributed by atoms with Gasteiger partial charge in [-0.1, -0.05) is 6.92 Å². The summed E-state index contributed by atoms with van der Waals surface area (Å²) in [6, 6.07) is 4.15. The molecular weight excluding hydrogens is 250 g/mol. The second kappa shape index (κ2) is 8.02. The largest absolute Gasteiger partial charge is 0.396 e. The number of unbranched alkanes of at least 4 members (excludes halogenated alkanes) is 2. The molecule has 4 nitrogen and oxygen atoms in total. The van der Waals surface area contributed by atoms with Gasteiger partial charge in [0.25, 0.3) is 0 Å². The molecule has 0 fully saturated rings. The average Bonchev–Trinajstić information content (AvgIpc) is 2.83. The first-order valence-corrected chi connectivity index (χ1v) is 7.61. The Bertz CT molecular complexity index is 521. The highest BCUT2D eigenvalue weighted by Gasteiger charge is 2.08. The number of aliphatic hydroxyl groups excluding tert-OH is 1. The van der Waals surface area contributed by atoms with Crippen LogP contribution in [0.15, 0.2) is 24.5 Å². The van der Waals surface area contributed by atoms with Crippen LogP contribution in [0.5, 0.6) is 0 Å². The highest BCUT2D eigenvalue weighted by atomic mass is 16.2. The van der Waals surface area contributed by atoms with Crippen LogP contribution in [0.25, 0.3) is 11.0 Å². The number of hydrogen-bond donors (Lipinski definition) is 2. The standard InChI is InChI=1S/C16H25N3O/c1-2-8-17-12-14-13-19(10-4-3-5-11-20)16-15(14)7-6-9-18-16/h6-7,9,13,17,20H,2-5,8,10-12H2,1H3. The third kappa shape index (κ3) is 3.81. The zero-order valence-corrected chi connectivity index (χ0v) is 12.3. The summed E-state index contributed by atoms with van der Waals surface area (Å²) < 4.78 is 2.25. The number of aryl methyl sites for hydroxylation is 1. The normalized spacial score (nSPS) is 11.3. The summed E-state index contributed by atoms with van der Waals surface area (Å²) in [6.07, 6.45) is 8.26. The minimum atomic E-state index is 0.289. The molecule has 2 rings (SSSR count). The summed E-state index contributed by atoms with van der Waals surface area (Å²) in [4.78, 5) is 4.51. The monoisotopic (exact) mass is 275 g/mol. The van der Waals surface area contributed by atoms with Crippen LogP contribution in [0.3, 0.4) is 0 Å². The lowest BCUT2D eigenvalue weighted by atomic mass is 10.2. The summed E-state index contributed by atoms with van der Waals surface area (Å²) >= 11 is 0. The van der Waals surface area contributed by atoms with Crippen molar-refractivity contribution in [2.24, 2.45) is 0 Å². The molecule has 0 bridgehead atoms. The van der Waals surface area contributed by atoms with Crippen LogP contribution < -0.4 is 5.32 Å². The molecule has 0 unspecified atom stereocenters. The maximum absolute atomic E-state index is 8.83. The van der Waals surface area contributed by atoms with Gasteiger partial charge in [0.2, 0.25) is 0 Å². The second-order valence-electron chi connectivity index (χ2n) is 5.18. The van der Waals surface area contributed by atoms with E-state index in [4.69, 9.17) is 5.11 Å². The number of aromatic nitrogens is 2. The molecule has 0 aliphatic carbocycles. The van der Waals surface area contributed by atoms with E-state index >= 15 is 0 Å². The van der Waals surface area contributed by atoms with E-state index in [1.165, 1.54) is 10.9 Å². The summed E-state index contributed by atoms with van der Waals surface area (Å²) in [5.74, 6) is 0. The van der Waals surface area contributed by atoms with Crippen molar-refractivity contribution >= 4 is 11.0 Å². The maximum Gasteiger partial charge on any atom is 0.140 e. The fraction of sp³-hybridized carbons (Fsp3) is 0.562. The first-order chi connectivity index (χ1) is 9.86. The topological polar surface area (TPSA) is 50.1 Å². The molecule has 0 aliphatic rings. The van der Waals surface area contributed by atoms with E-state index in [0.717, 1.165) is 51.0 Å². The SMILES string of the molecule is CCCNCc1cn(CCCCCO)c2ncccc12. The third-order valence-corrected chi connectivity index (χ3v) is 3.52. The first kappa shape index (κ1) is 15.0. The van der Waals surface area contributed by atoms with Gasteiger partial charge in [0.05, 0.1) is 0 Å². The molecule has 0 aromatic carbocycles. The summed E-state index contributed by atoms with van der Waals surface area (Å²) in [6.45, 7) is 5.39. The molecule has 0 saturated heterocycles. The molecule has 0 radical (unpaired) electrons. The first-order valence-electron chi connectivity index (χ1n) is 7.61. The molecule has 0 spiro atoms. The number of hydrogen-bond acceptors (Lipinski definition) is 3. The summed E-state index contributed by atoms with van der Waals surface area (Å²) in [5.41, 5.74) is 2.40. The van der Waals surface area contributed by atoms with E-state index in [1.54, 1.807) is 0 Å². The molecule has 0 aliphatic heterocycles. The van der Waals surface area contributed by atoms with Gasteiger partial charge in [0, 0.05) is 37.5 Å². The molecule has 2 aromatic rings. The number of pyridine rings is 1. The fourth-order valence-corrected chi connectivity index (χ4v) is 2.48. The maximum atomic E-state index is 8.83. The van der Waals surface area contributed by atoms with Crippen LogP contribution in [0.1, 0.15) is 38.2 Å². The van der Waals surface area contributed by atoms with Crippen molar-refractivity contribution in [2.75, 3.05) is 13.2 Å². The lowest BCUT2D eigenvalue weighted by Gasteiger charge is -2.03. The van der Waals surface area contributed by atoms with Crippen molar-refractivity contribution in [3.8, 4) is 0 Å². The molecule has 2 aromatic heterocycles. The predicted molar refractivity (Wildman–Crippen MR) is 82.7 cm³/mol. The Morgan fingerprint density at radius 1 is 1.30 bits per heavy atom. The van der Waals surface area contributed by atoms with Crippen LogP contribution in [-0.4, -0.2) is 27.8 Å². The summed E-state index contributed by atoms with van der Waals surface area (Å²) in [7, 11) is 0. The number of rotatable bonds is 9. The van der Waals surface area contributed by atoms with E-state index in [-0.39, 0.29) is 6.61 Å². The zero-order chi connectivity index (χ0) is 14.2. The van der Waals surface area contributed by atoms with Gasteiger partial charge in [-0.05, 0) is 49.9 Å². The number of aliphatic hydroxyl groups is 1. The van der Waals surface area contributed by atoms with Crippen molar-refractivity contribution in [2.45, 2.75) is 45.7 Å². The number of fused-ring (bicyclic) bond motifs is 1. The highest BCUT2D eigenvalue weighted by Crippen LogP contribution is 2.20. The van der Waals surface area contributed by atoms with E-state index in [2.05, 4.69) is 34.1 Å². The Morgan fingerprint density at radius 3 is 3.00 bits per heavy atom. The molecule has 2 heterocycles. The fourth-order valence-electron chi connectivity index (χ4n) is 2.48. The van der Waals surface area contributed by atoms with Crippen molar-refractivity contribution < 1.29 is 5.11 Å². The Morgan fingerprint density at radius 2 is 2.20 bits per heavy atom. The molecule has 0 saturated carbocycles. The van der Waals surface area contributed by atoms with E-state index < -0.39 is 0 Å². The summed E-state index contributed by atoms with van der Waals surface area (Å²) in [5, 5.41) is 13.5. The van der Waals surface area contributed by atoms with Crippen molar-refractivity contribution in [3.63, 3.8) is 0 Å². The van der Waals surface area contributed by atoms with Crippen molar-refractivity contribution in [1.29, 1.82) is 0 Å². The van der Waals surface area contributed by atoms with Gasteiger partial charge >= 0.3 is 0 Å². The lowest BCUT2D eigenvalue weighted by Crippen LogP contribution is -2.13. The Balaban J connectivity index is 2.09. The molecule has 2 N–H and O–H groups in total. The van der Waals surface area contributed by atoms with Crippen LogP contribution in [0.4, 0.5) is 0 Å². The highest BCUT2D eigenvalue weighted by molar-refractivity contribution is 5.80. The van der Waals surface area contributed by atoms with Gasteiger partial charge in [-0.15, -0.1) is 0 Å². The Kier molecular flexibility index (Phi) is 6.02. The second-order valence-corrected chi connectivity index (χ2v) is 5.18. The zero-order valence-electron chi connectivity index (χ0n) is 12.3. The van der Waals surface area contributed by atoms with E-state index in [0.29, 0.717) is 0 Å². The molecule has 0 amide bonds. The van der Waals surface area contributed by atoms with Gasteiger partial charge in [0.15, 0.2) is 0 Å². The van der Waals surface area contributed by atoms with Crippen molar-refractivity contribution in [1.82, 2.24) is 14.9 Å². The molecule has 4 heteroatoms. The van der Waals surface area contributed by atoms with Gasteiger partial charge in [-0.3, -0.25) is 0 Å². The van der Waals surface area contributed by atoms with E-state index in [9.17, 15) is 0 Å². The quantitative estimate of drug-likeness (QED) is 0.692. The molecule has 20 heavy (non-hydrogen) atoms. The van der Waals surface area contributed by atoms with Crippen LogP contribution in [0.2, 0.25) is 0 Å². The van der Waals surface area contributed by atoms with Gasteiger partial charge in [-0.2, -0.15) is 0 Å². The van der Waals surface area contributed by atoms with E-state index in [1.807, 2.05) is 12.3 Å². The minimum absolute atomic E-state index is 0.289. The lowest BCUT2D eigenvalue weighted by molar-refractivity contribution is 0.282. The van der Waals surface area contributed by atoms with Crippen LogP contribution in [0, 0.1) is 0 Å².